The van der Waals surface area contributed by atoms with Gasteiger partial charge in [0.2, 0.25) is 0 Å². The molecule has 1 aliphatic carbocycles. The number of anilines is 1. The number of likely N-dealkylation sites (N-methyl/N-ethyl adjacent to an activating group) is 1. The molecule has 2 N–H and O–H groups in total. The summed E-state index contributed by atoms with van der Waals surface area (Å²) in [5.41, 5.74) is 3.96. The Morgan fingerprint density at radius 3 is 2.80 bits per heavy atom. The third-order valence-corrected chi connectivity index (χ3v) is 3.09. The van der Waals surface area contributed by atoms with Gasteiger partial charge in [0.25, 0.3) is 0 Å². The van der Waals surface area contributed by atoms with Crippen molar-refractivity contribution in [2.24, 2.45) is 0 Å². The zero-order valence-electron chi connectivity index (χ0n) is 9.55. The van der Waals surface area contributed by atoms with Gasteiger partial charge in [-0.1, -0.05) is 0 Å². The van der Waals surface area contributed by atoms with Crippen LogP contribution in [0.3, 0.4) is 0 Å². The summed E-state index contributed by atoms with van der Waals surface area (Å²) in [5, 5.41) is 6.39. The quantitative estimate of drug-likeness (QED) is 0.785. The van der Waals surface area contributed by atoms with Crippen LogP contribution in [0.25, 0.3) is 0 Å². The van der Waals surface area contributed by atoms with Gasteiger partial charge in [0, 0.05) is 19.5 Å². The first-order valence-corrected chi connectivity index (χ1v) is 5.33. The van der Waals surface area contributed by atoms with Crippen LogP contribution in [-0.4, -0.2) is 27.7 Å². The van der Waals surface area contributed by atoms with E-state index in [0.717, 1.165) is 24.4 Å². The zero-order valence-corrected chi connectivity index (χ0v) is 9.55. The Balaban J connectivity index is 2.28. The normalized spacial score (nSPS) is 17.9. The molecule has 0 aliphatic heterocycles. The molecule has 3 nitrogen and oxygen atoms in total. The van der Waals surface area contributed by atoms with Crippen molar-refractivity contribution in [2.75, 3.05) is 33.1 Å². The van der Waals surface area contributed by atoms with Gasteiger partial charge in [0.1, 0.15) is 5.75 Å². The molecule has 0 saturated carbocycles. The minimum Gasteiger partial charge on any atom is -0.495 e. The second-order valence-corrected chi connectivity index (χ2v) is 3.96. The van der Waals surface area contributed by atoms with E-state index in [2.05, 4.69) is 22.8 Å². The zero-order chi connectivity index (χ0) is 10.8. The van der Waals surface area contributed by atoms with Crippen LogP contribution in [0, 0.1) is 0 Å². The molecule has 0 radical (unpaired) electrons. The number of ether oxygens (including phenoxy) is 1. The Hall–Kier alpha value is -1.22. The van der Waals surface area contributed by atoms with Gasteiger partial charge in [-0.3, -0.25) is 0 Å². The lowest BCUT2D eigenvalue weighted by atomic mass is 9.77. The molecule has 0 bridgehead atoms. The Morgan fingerprint density at radius 2 is 2.20 bits per heavy atom. The van der Waals surface area contributed by atoms with Gasteiger partial charge >= 0.3 is 0 Å². The molecule has 0 saturated heterocycles. The van der Waals surface area contributed by atoms with E-state index in [4.69, 9.17) is 4.74 Å². The molecule has 1 aromatic rings. The lowest BCUT2D eigenvalue weighted by molar-refractivity contribution is 0.414. The van der Waals surface area contributed by atoms with Crippen LogP contribution in [0.5, 0.6) is 5.75 Å². The Morgan fingerprint density at radius 1 is 1.40 bits per heavy atom. The first-order chi connectivity index (χ1) is 7.30. The number of fused-ring (bicyclic) bond motifs is 1. The summed E-state index contributed by atoms with van der Waals surface area (Å²) in [4.78, 5) is 0. The van der Waals surface area contributed by atoms with E-state index in [1.165, 1.54) is 11.1 Å². The predicted molar refractivity (Wildman–Crippen MR) is 62.9 cm³/mol. The topological polar surface area (TPSA) is 33.3 Å². The van der Waals surface area contributed by atoms with Crippen LogP contribution in [0.2, 0.25) is 0 Å². The van der Waals surface area contributed by atoms with Crippen molar-refractivity contribution in [3.05, 3.63) is 23.3 Å². The van der Waals surface area contributed by atoms with Crippen LogP contribution in [0.1, 0.15) is 17.0 Å². The highest BCUT2D eigenvalue weighted by Gasteiger charge is 2.27. The fourth-order valence-corrected chi connectivity index (χ4v) is 2.23. The molecule has 1 unspecified atom stereocenters. The van der Waals surface area contributed by atoms with E-state index in [9.17, 15) is 0 Å². The minimum absolute atomic E-state index is 0.669. The van der Waals surface area contributed by atoms with Gasteiger partial charge in [-0.2, -0.15) is 0 Å². The molecule has 0 spiro atoms. The summed E-state index contributed by atoms with van der Waals surface area (Å²) < 4.78 is 5.32. The third kappa shape index (κ3) is 1.67. The molecule has 0 heterocycles. The average Bonchev–Trinajstić information content (AvgIpc) is 2.25. The molecule has 15 heavy (non-hydrogen) atoms. The maximum absolute atomic E-state index is 5.32. The fourth-order valence-electron chi connectivity index (χ4n) is 2.23. The summed E-state index contributed by atoms with van der Waals surface area (Å²) in [6.45, 7) is 1.06. The second-order valence-electron chi connectivity index (χ2n) is 3.96. The first kappa shape index (κ1) is 10.3. The van der Waals surface area contributed by atoms with Gasteiger partial charge in [0.15, 0.2) is 0 Å². The summed E-state index contributed by atoms with van der Waals surface area (Å²) >= 11 is 0. The van der Waals surface area contributed by atoms with Crippen molar-refractivity contribution < 1.29 is 4.74 Å². The SMILES string of the molecule is CNCC1Cc2cc(OC)c(NC)cc21. The van der Waals surface area contributed by atoms with Crippen molar-refractivity contribution >= 4 is 5.69 Å². The lowest BCUT2D eigenvalue weighted by Gasteiger charge is -2.31. The van der Waals surface area contributed by atoms with E-state index in [-0.39, 0.29) is 0 Å². The Labute approximate surface area is 90.8 Å². The molecule has 1 atom stereocenters. The maximum atomic E-state index is 5.32. The molecule has 2 rings (SSSR count). The van der Waals surface area contributed by atoms with Gasteiger partial charge in [0.05, 0.1) is 12.8 Å². The number of hydrogen-bond donors (Lipinski definition) is 2. The van der Waals surface area contributed by atoms with Crippen LogP contribution < -0.4 is 15.4 Å². The van der Waals surface area contributed by atoms with Crippen molar-refractivity contribution in [1.82, 2.24) is 5.32 Å². The van der Waals surface area contributed by atoms with Gasteiger partial charge in [-0.25, -0.2) is 0 Å². The average molecular weight is 206 g/mol. The summed E-state index contributed by atoms with van der Waals surface area (Å²) in [6.07, 6.45) is 1.16. The fraction of sp³-hybridized carbons (Fsp3) is 0.500. The standard InChI is InChI=1S/C12H18N2O/c1-13-7-9-4-8-5-12(15-3)11(14-2)6-10(8)9/h5-6,9,13-14H,4,7H2,1-3H3. The van der Waals surface area contributed by atoms with Crippen LogP contribution in [0.15, 0.2) is 12.1 Å². The highest BCUT2D eigenvalue weighted by atomic mass is 16.5. The van der Waals surface area contributed by atoms with Crippen molar-refractivity contribution in [3.8, 4) is 5.75 Å². The molecule has 0 aromatic heterocycles. The molecule has 3 heteroatoms. The van der Waals surface area contributed by atoms with Gasteiger partial charge in [-0.15, -0.1) is 0 Å². The number of hydrogen-bond acceptors (Lipinski definition) is 3. The van der Waals surface area contributed by atoms with Crippen LogP contribution >= 0.6 is 0 Å². The predicted octanol–water partition coefficient (Wildman–Crippen LogP) is 1.60. The second kappa shape index (κ2) is 4.11. The highest BCUT2D eigenvalue weighted by molar-refractivity contribution is 5.63. The molecular formula is C12H18N2O. The molecule has 0 amide bonds. The number of methoxy groups -OCH3 is 1. The van der Waals surface area contributed by atoms with Gasteiger partial charge < -0.3 is 15.4 Å². The molecule has 82 valence electrons. The smallest absolute Gasteiger partial charge is 0.142 e. The maximum Gasteiger partial charge on any atom is 0.142 e. The van der Waals surface area contributed by atoms with E-state index < -0.39 is 0 Å². The minimum atomic E-state index is 0.669. The molecule has 0 fully saturated rings. The van der Waals surface area contributed by atoms with E-state index >= 15 is 0 Å². The summed E-state index contributed by atoms with van der Waals surface area (Å²) in [5.74, 6) is 1.61. The third-order valence-electron chi connectivity index (χ3n) is 3.09. The van der Waals surface area contributed by atoms with E-state index in [0.29, 0.717) is 5.92 Å². The Kier molecular flexibility index (Phi) is 2.82. The summed E-state index contributed by atoms with van der Waals surface area (Å²) in [7, 11) is 5.64. The highest BCUT2D eigenvalue weighted by Crippen LogP contribution is 2.40. The van der Waals surface area contributed by atoms with Crippen LogP contribution in [-0.2, 0) is 6.42 Å². The van der Waals surface area contributed by atoms with Crippen LogP contribution in [0.4, 0.5) is 5.69 Å². The molecule has 1 aromatic carbocycles. The first-order valence-electron chi connectivity index (χ1n) is 5.33. The summed E-state index contributed by atoms with van der Waals surface area (Å²) in [6, 6.07) is 4.35. The molecule has 1 aliphatic rings. The van der Waals surface area contributed by atoms with Crippen molar-refractivity contribution in [2.45, 2.75) is 12.3 Å². The number of nitrogens with one attached hydrogen (secondary N) is 2. The largest absolute Gasteiger partial charge is 0.495 e. The van der Waals surface area contributed by atoms with Crippen molar-refractivity contribution in [3.63, 3.8) is 0 Å². The number of benzene rings is 1. The van der Waals surface area contributed by atoms with E-state index in [1.54, 1.807) is 7.11 Å². The molecular weight excluding hydrogens is 188 g/mol. The van der Waals surface area contributed by atoms with E-state index in [1.807, 2.05) is 14.1 Å². The van der Waals surface area contributed by atoms with Crippen molar-refractivity contribution in [1.29, 1.82) is 0 Å². The lowest BCUT2D eigenvalue weighted by Crippen LogP contribution is -2.27. The van der Waals surface area contributed by atoms with Gasteiger partial charge in [-0.05, 0) is 36.7 Å². The monoisotopic (exact) mass is 206 g/mol. The Bertz CT molecular complexity index is 363. The number of rotatable bonds is 4.